The van der Waals surface area contributed by atoms with Gasteiger partial charge in [0.2, 0.25) is 5.91 Å². The van der Waals surface area contributed by atoms with Crippen LogP contribution in [0.25, 0.3) is 0 Å². The van der Waals surface area contributed by atoms with Gasteiger partial charge >= 0.3 is 12.1 Å². The monoisotopic (exact) mass is 304 g/mol. The van der Waals surface area contributed by atoms with Crippen LogP contribution in [0.1, 0.15) is 0 Å². The molecule has 0 saturated carbocycles. The Morgan fingerprint density at radius 2 is 1.71 bits per heavy atom. The summed E-state index contributed by atoms with van der Waals surface area (Å²) in [5.74, 6) is -2.04. The third kappa shape index (κ3) is 6.26. The highest BCUT2D eigenvalue weighted by Gasteiger charge is 2.32. The molecule has 1 aromatic carbocycles. The number of alkyl halides is 3. The molecule has 0 atom stereocenters. The number of carboxylic acids is 1. The number of hydrogen-bond donors (Lipinski definition) is 1. The van der Waals surface area contributed by atoms with Crippen molar-refractivity contribution in [2.45, 2.75) is 6.18 Å². The summed E-state index contributed by atoms with van der Waals surface area (Å²) in [4.78, 5) is 24.3. The van der Waals surface area contributed by atoms with Gasteiger partial charge in [-0.25, -0.2) is 0 Å². The Bertz CT molecular complexity index is 491. The van der Waals surface area contributed by atoms with Crippen molar-refractivity contribution in [1.82, 2.24) is 4.90 Å². The molecule has 0 spiro atoms. The predicted molar refractivity (Wildman–Crippen MR) is 70.0 cm³/mol. The number of aliphatic carboxylic acids is 1. The van der Waals surface area contributed by atoms with Crippen molar-refractivity contribution in [1.29, 1.82) is 0 Å². The predicted octanol–water partition coefficient (Wildman–Crippen LogP) is 1.60. The first-order valence-electron chi connectivity index (χ1n) is 6.01. The molecule has 21 heavy (non-hydrogen) atoms. The molecule has 1 rings (SSSR count). The minimum atomic E-state index is -4.57. The topological polar surface area (TPSA) is 60.9 Å². The van der Waals surface area contributed by atoms with E-state index < -0.39 is 37.7 Å². The number of carboxylic acid groups (broad SMARTS) is 1. The number of hydrogen-bond acceptors (Lipinski definition) is 3. The Morgan fingerprint density at radius 3 is 2.19 bits per heavy atom. The van der Waals surface area contributed by atoms with Gasteiger partial charge < -0.3 is 10.0 Å². The average Bonchev–Trinajstić information content (AvgIpc) is 2.36. The highest BCUT2D eigenvalue weighted by molar-refractivity contribution is 5.94. The van der Waals surface area contributed by atoms with Crippen LogP contribution >= 0.6 is 0 Å². The van der Waals surface area contributed by atoms with E-state index in [-0.39, 0.29) is 0 Å². The van der Waals surface area contributed by atoms with Gasteiger partial charge in [-0.3, -0.25) is 14.5 Å². The standard InChI is InChI=1S/C13H15F3N2O3/c1-17(10-5-3-2-4-6-10)11(19)7-18(8-12(20)21)9-13(14,15)16/h2-6H,7-9H2,1H3,(H,20,21). The number of carbonyl (C=O) groups excluding carboxylic acids is 1. The zero-order chi connectivity index (χ0) is 16.0. The molecule has 0 heterocycles. The Labute approximate surface area is 119 Å². The Morgan fingerprint density at radius 1 is 1.14 bits per heavy atom. The summed E-state index contributed by atoms with van der Waals surface area (Å²) in [5, 5.41) is 8.62. The van der Waals surface area contributed by atoms with E-state index >= 15 is 0 Å². The smallest absolute Gasteiger partial charge is 0.401 e. The summed E-state index contributed by atoms with van der Waals surface area (Å²) < 4.78 is 37.1. The van der Waals surface area contributed by atoms with Crippen molar-refractivity contribution in [3.63, 3.8) is 0 Å². The number of likely N-dealkylation sites (N-methyl/N-ethyl adjacent to an activating group) is 1. The van der Waals surface area contributed by atoms with Gasteiger partial charge in [-0.15, -0.1) is 0 Å². The molecule has 1 aromatic rings. The molecule has 0 aliphatic carbocycles. The molecule has 116 valence electrons. The third-order valence-corrected chi connectivity index (χ3v) is 2.64. The molecule has 0 radical (unpaired) electrons. The van der Waals surface area contributed by atoms with Crippen LogP contribution in [0.3, 0.4) is 0 Å². The first-order chi connectivity index (χ1) is 9.69. The lowest BCUT2D eigenvalue weighted by molar-refractivity contribution is -0.155. The van der Waals surface area contributed by atoms with Crippen LogP contribution in [0.4, 0.5) is 18.9 Å². The number of rotatable bonds is 6. The summed E-state index contributed by atoms with van der Waals surface area (Å²) in [6.45, 7) is -2.93. The fourth-order valence-electron chi connectivity index (χ4n) is 1.71. The number of para-hydroxylation sites is 1. The van der Waals surface area contributed by atoms with E-state index in [9.17, 15) is 22.8 Å². The number of carbonyl (C=O) groups is 2. The van der Waals surface area contributed by atoms with Gasteiger partial charge in [0.1, 0.15) is 0 Å². The maximum Gasteiger partial charge on any atom is 0.401 e. The zero-order valence-electron chi connectivity index (χ0n) is 11.3. The van der Waals surface area contributed by atoms with Crippen LogP contribution in [0, 0.1) is 0 Å². The van der Waals surface area contributed by atoms with Gasteiger partial charge in [0.15, 0.2) is 0 Å². The second-order valence-electron chi connectivity index (χ2n) is 4.44. The number of anilines is 1. The average molecular weight is 304 g/mol. The fourth-order valence-corrected chi connectivity index (χ4v) is 1.71. The lowest BCUT2D eigenvalue weighted by Crippen LogP contribution is -2.44. The van der Waals surface area contributed by atoms with Crippen LogP contribution in [-0.4, -0.2) is 54.7 Å². The molecular formula is C13H15F3N2O3. The number of amides is 1. The van der Waals surface area contributed by atoms with Crippen molar-refractivity contribution in [3.8, 4) is 0 Å². The third-order valence-electron chi connectivity index (χ3n) is 2.64. The number of benzene rings is 1. The molecule has 1 N–H and O–H groups in total. The molecule has 0 unspecified atom stereocenters. The molecule has 0 aliphatic rings. The maximum absolute atomic E-state index is 12.4. The van der Waals surface area contributed by atoms with Crippen LogP contribution < -0.4 is 4.90 Å². The summed E-state index contributed by atoms with van der Waals surface area (Å²) in [5.41, 5.74) is 0.518. The van der Waals surface area contributed by atoms with Crippen LogP contribution in [0.2, 0.25) is 0 Å². The molecule has 0 fully saturated rings. The minimum absolute atomic E-state index is 0.518. The largest absolute Gasteiger partial charge is 0.480 e. The summed E-state index contributed by atoms with van der Waals surface area (Å²) in [6.07, 6.45) is -4.57. The van der Waals surface area contributed by atoms with Crippen LogP contribution in [0.15, 0.2) is 30.3 Å². The molecule has 0 aliphatic heterocycles. The van der Waals surface area contributed by atoms with Gasteiger partial charge in [0, 0.05) is 12.7 Å². The lowest BCUT2D eigenvalue weighted by atomic mass is 10.3. The second-order valence-corrected chi connectivity index (χ2v) is 4.44. The summed E-state index contributed by atoms with van der Waals surface area (Å²) in [6, 6.07) is 8.36. The van der Waals surface area contributed by atoms with Gasteiger partial charge in [0.25, 0.3) is 0 Å². The Hall–Kier alpha value is -2.09. The van der Waals surface area contributed by atoms with E-state index in [0.29, 0.717) is 10.6 Å². The van der Waals surface area contributed by atoms with Crippen molar-refractivity contribution < 1.29 is 27.9 Å². The van der Waals surface area contributed by atoms with Crippen molar-refractivity contribution >= 4 is 17.6 Å². The molecule has 0 aromatic heterocycles. The van der Waals surface area contributed by atoms with Gasteiger partial charge in [-0.05, 0) is 12.1 Å². The summed E-state index contributed by atoms with van der Waals surface area (Å²) in [7, 11) is 1.42. The van der Waals surface area contributed by atoms with Gasteiger partial charge in [-0.2, -0.15) is 13.2 Å². The zero-order valence-corrected chi connectivity index (χ0v) is 11.3. The molecule has 5 nitrogen and oxygen atoms in total. The first kappa shape index (κ1) is 17.0. The van der Waals surface area contributed by atoms with E-state index in [1.54, 1.807) is 30.3 Å². The van der Waals surface area contributed by atoms with E-state index in [1.165, 1.54) is 11.9 Å². The van der Waals surface area contributed by atoms with Crippen molar-refractivity contribution in [2.75, 3.05) is 31.6 Å². The van der Waals surface area contributed by atoms with Crippen molar-refractivity contribution in [3.05, 3.63) is 30.3 Å². The van der Waals surface area contributed by atoms with Gasteiger partial charge in [-0.1, -0.05) is 18.2 Å². The van der Waals surface area contributed by atoms with Gasteiger partial charge in [0.05, 0.1) is 19.6 Å². The van der Waals surface area contributed by atoms with E-state index in [0.717, 1.165) is 0 Å². The highest BCUT2D eigenvalue weighted by atomic mass is 19.4. The fraction of sp³-hybridized carbons (Fsp3) is 0.385. The molecular weight excluding hydrogens is 289 g/mol. The number of halogens is 3. The van der Waals surface area contributed by atoms with E-state index in [1.807, 2.05) is 0 Å². The first-order valence-corrected chi connectivity index (χ1v) is 6.01. The molecule has 0 bridgehead atoms. The van der Waals surface area contributed by atoms with Crippen LogP contribution in [0.5, 0.6) is 0 Å². The quantitative estimate of drug-likeness (QED) is 0.867. The highest BCUT2D eigenvalue weighted by Crippen LogP contribution is 2.17. The minimum Gasteiger partial charge on any atom is -0.480 e. The van der Waals surface area contributed by atoms with E-state index in [4.69, 9.17) is 5.11 Å². The van der Waals surface area contributed by atoms with Crippen molar-refractivity contribution in [2.24, 2.45) is 0 Å². The normalized spacial score (nSPS) is 11.5. The second kappa shape index (κ2) is 7.07. The molecule has 1 amide bonds. The molecule has 0 saturated heterocycles. The Balaban J connectivity index is 2.73. The maximum atomic E-state index is 12.4. The number of nitrogens with zero attached hydrogens (tertiary/aromatic N) is 2. The lowest BCUT2D eigenvalue weighted by Gasteiger charge is -2.24. The SMILES string of the molecule is CN(C(=O)CN(CC(=O)O)CC(F)(F)F)c1ccccc1. The van der Waals surface area contributed by atoms with E-state index in [2.05, 4.69) is 0 Å². The summed E-state index contributed by atoms with van der Waals surface area (Å²) >= 11 is 0. The van der Waals surface area contributed by atoms with Crippen LogP contribution in [-0.2, 0) is 9.59 Å². The molecule has 8 heteroatoms. The Kier molecular flexibility index (Phi) is 5.71.